The molecule has 0 amide bonds. The predicted octanol–water partition coefficient (Wildman–Crippen LogP) is 4.99. The molecule has 0 saturated carbocycles. The van der Waals surface area contributed by atoms with Gasteiger partial charge in [-0.15, -0.1) is 0 Å². The molecular weight excluding hydrogens is 374 g/mol. The summed E-state index contributed by atoms with van der Waals surface area (Å²) < 4.78 is 0. The van der Waals surface area contributed by atoms with Crippen molar-refractivity contribution in [1.82, 2.24) is 9.91 Å². The molecule has 1 saturated heterocycles. The third kappa shape index (κ3) is 4.50. The molecule has 27 heavy (non-hydrogen) atoms. The Bertz CT molecular complexity index is 828. The first-order chi connectivity index (χ1) is 13.2. The van der Waals surface area contributed by atoms with Crippen molar-refractivity contribution in [1.29, 1.82) is 0 Å². The Kier molecular flexibility index (Phi) is 5.74. The zero-order valence-corrected chi connectivity index (χ0v) is 16.9. The highest BCUT2D eigenvalue weighted by Gasteiger charge is 2.26. The number of benzene rings is 2. The third-order valence-corrected chi connectivity index (χ3v) is 6.14. The van der Waals surface area contributed by atoms with E-state index in [2.05, 4.69) is 41.3 Å². The summed E-state index contributed by atoms with van der Waals surface area (Å²) in [6, 6.07) is 18.7. The lowest BCUT2D eigenvalue weighted by Gasteiger charge is -2.35. The van der Waals surface area contributed by atoms with Gasteiger partial charge in [-0.1, -0.05) is 54.1 Å². The Morgan fingerprint density at radius 3 is 2.56 bits per heavy atom. The number of hydrogen-bond donors (Lipinski definition) is 0. The van der Waals surface area contributed by atoms with Crippen LogP contribution in [0.4, 0.5) is 0 Å². The van der Waals surface area contributed by atoms with E-state index in [1.165, 1.54) is 24.8 Å². The second kappa shape index (κ2) is 8.41. The Labute approximate surface area is 171 Å². The molecule has 2 aliphatic heterocycles. The molecule has 0 bridgehead atoms. The number of nitrogens with zero attached hydrogens (tertiary/aromatic N) is 3. The number of likely N-dealkylation sites (tertiary alicyclic amines) is 1. The van der Waals surface area contributed by atoms with Crippen LogP contribution in [0.1, 0.15) is 30.4 Å². The molecule has 2 heterocycles. The van der Waals surface area contributed by atoms with E-state index < -0.39 is 0 Å². The van der Waals surface area contributed by atoms with Gasteiger partial charge in [-0.2, -0.15) is 5.10 Å². The summed E-state index contributed by atoms with van der Waals surface area (Å²) in [7, 11) is 0. The molecule has 0 aliphatic carbocycles. The topological polar surface area (TPSA) is 18.8 Å². The van der Waals surface area contributed by atoms with Gasteiger partial charge in [0, 0.05) is 31.1 Å². The zero-order chi connectivity index (χ0) is 18.6. The van der Waals surface area contributed by atoms with Crippen molar-refractivity contribution in [3.8, 4) is 0 Å². The van der Waals surface area contributed by atoms with Crippen LogP contribution in [0.3, 0.4) is 0 Å². The van der Waals surface area contributed by atoms with Crippen LogP contribution >= 0.6 is 23.8 Å². The van der Waals surface area contributed by atoms with E-state index in [4.69, 9.17) is 28.9 Å². The minimum atomic E-state index is 0.746. The van der Waals surface area contributed by atoms with Crippen molar-refractivity contribution in [2.24, 2.45) is 11.0 Å². The predicted molar refractivity (Wildman–Crippen MR) is 116 cm³/mol. The van der Waals surface area contributed by atoms with Crippen molar-refractivity contribution < 1.29 is 0 Å². The molecule has 0 aromatic heterocycles. The average molecular weight is 398 g/mol. The highest BCUT2D eigenvalue weighted by atomic mass is 35.5. The summed E-state index contributed by atoms with van der Waals surface area (Å²) in [5.41, 5.74) is 3.60. The summed E-state index contributed by atoms with van der Waals surface area (Å²) >= 11 is 11.9. The van der Waals surface area contributed by atoms with Gasteiger partial charge in [0.1, 0.15) is 0 Å². The monoisotopic (exact) mass is 397 g/mol. The number of halogens is 1. The number of piperidine rings is 1. The van der Waals surface area contributed by atoms with Crippen molar-refractivity contribution in [3.63, 3.8) is 0 Å². The molecule has 2 aliphatic rings. The summed E-state index contributed by atoms with van der Waals surface area (Å²) in [5.74, 6) is 0.746. The summed E-state index contributed by atoms with van der Waals surface area (Å²) in [6.07, 6.45) is 4.45. The lowest BCUT2D eigenvalue weighted by Crippen LogP contribution is -2.44. The van der Waals surface area contributed by atoms with E-state index >= 15 is 0 Å². The van der Waals surface area contributed by atoms with Crippen LogP contribution in [-0.4, -0.2) is 40.4 Å². The minimum Gasteiger partial charge on any atom is -0.348 e. The molecule has 2 aromatic carbocycles. The van der Waals surface area contributed by atoms with Gasteiger partial charge in [0.2, 0.25) is 0 Å². The minimum absolute atomic E-state index is 0.746. The molecule has 0 unspecified atom stereocenters. The Morgan fingerprint density at radius 2 is 1.81 bits per heavy atom. The van der Waals surface area contributed by atoms with Gasteiger partial charge < -0.3 is 4.90 Å². The summed E-state index contributed by atoms with van der Waals surface area (Å²) in [6.45, 7) is 2.90. The lowest BCUT2D eigenvalue weighted by molar-refractivity contribution is 0.244. The third-order valence-electron chi connectivity index (χ3n) is 5.43. The molecule has 140 valence electrons. The molecule has 4 rings (SSSR count). The first-order valence-corrected chi connectivity index (χ1v) is 10.4. The summed E-state index contributed by atoms with van der Waals surface area (Å²) in [4.78, 5) is 2.32. The smallest absolute Gasteiger partial charge is 0.192 e. The van der Waals surface area contributed by atoms with Crippen LogP contribution in [0.15, 0.2) is 59.7 Å². The second-order valence-corrected chi connectivity index (χ2v) is 8.13. The molecule has 1 fully saturated rings. The van der Waals surface area contributed by atoms with Gasteiger partial charge in [-0.25, -0.2) is 5.01 Å². The van der Waals surface area contributed by atoms with Crippen molar-refractivity contribution in [2.75, 3.05) is 19.6 Å². The molecule has 5 heteroatoms. The maximum Gasteiger partial charge on any atom is 0.192 e. The SMILES string of the molecule is S=C(N1CCC(Cc2ccccc2)CC1)N1CCC(c2cccc(Cl)c2)=N1. The van der Waals surface area contributed by atoms with Gasteiger partial charge in [0.25, 0.3) is 0 Å². The molecule has 3 nitrogen and oxygen atoms in total. The zero-order valence-electron chi connectivity index (χ0n) is 15.4. The Balaban J connectivity index is 1.33. The van der Waals surface area contributed by atoms with Crippen LogP contribution in [0.5, 0.6) is 0 Å². The van der Waals surface area contributed by atoms with Gasteiger partial charge in [-0.3, -0.25) is 0 Å². The summed E-state index contributed by atoms with van der Waals surface area (Å²) in [5, 5.41) is 8.37. The van der Waals surface area contributed by atoms with E-state index in [-0.39, 0.29) is 0 Å². The fourth-order valence-corrected chi connectivity index (χ4v) is 4.41. The maximum atomic E-state index is 6.11. The van der Waals surface area contributed by atoms with Gasteiger partial charge >= 0.3 is 0 Å². The van der Waals surface area contributed by atoms with Gasteiger partial charge in [0.15, 0.2) is 5.11 Å². The van der Waals surface area contributed by atoms with E-state index in [9.17, 15) is 0 Å². The van der Waals surface area contributed by atoms with Crippen LogP contribution < -0.4 is 0 Å². The molecule has 0 radical (unpaired) electrons. The maximum absolute atomic E-state index is 6.11. The first kappa shape index (κ1) is 18.5. The Hall–Kier alpha value is -1.91. The fraction of sp³-hybridized carbons (Fsp3) is 0.364. The average Bonchev–Trinajstić information content (AvgIpc) is 3.19. The molecule has 0 atom stereocenters. The second-order valence-electron chi connectivity index (χ2n) is 7.33. The van der Waals surface area contributed by atoms with Crippen LogP contribution in [-0.2, 0) is 6.42 Å². The molecule has 0 spiro atoms. The van der Waals surface area contributed by atoms with Crippen molar-refractivity contribution >= 4 is 34.6 Å². The van der Waals surface area contributed by atoms with E-state index in [1.807, 2.05) is 23.2 Å². The Morgan fingerprint density at radius 1 is 1.04 bits per heavy atom. The van der Waals surface area contributed by atoms with Gasteiger partial charge in [0.05, 0.1) is 5.71 Å². The quantitative estimate of drug-likeness (QED) is 0.680. The van der Waals surface area contributed by atoms with E-state index in [0.717, 1.165) is 53.4 Å². The van der Waals surface area contributed by atoms with Gasteiger partial charge in [-0.05, 0) is 60.7 Å². The molecule has 2 aromatic rings. The lowest BCUT2D eigenvalue weighted by atomic mass is 9.90. The standard InChI is InChI=1S/C22H24ClN3S/c23-20-8-4-7-19(16-20)21-11-14-26(24-21)22(27)25-12-9-18(10-13-25)15-17-5-2-1-3-6-17/h1-8,16,18H,9-15H2. The molecular formula is C22H24ClN3S. The largest absolute Gasteiger partial charge is 0.348 e. The highest BCUT2D eigenvalue weighted by Crippen LogP contribution is 2.24. The van der Waals surface area contributed by atoms with E-state index in [1.54, 1.807) is 0 Å². The van der Waals surface area contributed by atoms with Crippen LogP contribution in [0.2, 0.25) is 5.02 Å². The molecule has 0 N–H and O–H groups in total. The highest BCUT2D eigenvalue weighted by molar-refractivity contribution is 7.80. The van der Waals surface area contributed by atoms with Crippen molar-refractivity contribution in [2.45, 2.75) is 25.7 Å². The first-order valence-electron chi connectivity index (χ1n) is 9.63. The normalized spacial score (nSPS) is 17.9. The van der Waals surface area contributed by atoms with E-state index in [0.29, 0.717) is 0 Å². The fourth-order valence-electron chi connectivity index (χ4n) is 3.91. The van der Waals surface area contributed by atoms with Crippen molar-refractivity contribution in [3.05, 3.63) is 70.7 Å². The number of thiocarbonyl (C=S) groups is 1. The number of rotatable bonds is 3. The number of hydrazone groups is 1. The number of hydrogen-bond acceptors (Lipinski definition) is 2. The van der Waals surface area contributed by atoms with Crippen LogP contribution in [0, 0.1) is 5.92 Å². The van der Waals surface area contributed by atoms with Crippen LogP contribution in [0.25, 0.3) is 0 Å².